The van der Waals surface area contributed by atoms with E-state index in [1.165, 1.54) is 0 Å². The SMILES string of the molecule is CC1(C)OB(c2cnccc2NC=O)OC1(C)C. The molecule has 6 heteroatoms. The molecule has 2 heterocycles. The van der Waals surface area contributed by atoms with E-state index in [-0.39, 0.29) is 0 Å². The molecule has 1 amide bonds. The van der Waals surface area contributed by atoms with E-state index in [2.05, 4.69) is 10.3 Å². The number of carbonyl (C=O) groups excluding carboxylic acids is 1. The van der Waals surface area contributed by atoms with E-state index in [0.717, 1.165) is 5.46 Å². The first-order valence-electron chi connectivity index (χ1n) is 5.87. The van der Waals surface area contributed by atoms with Crippen LogP contribution in [0.3, 0.4) is 0 Å². The minimum atomic E-state index is -0.522. The molecule has 0 atom stereocenters. The highest BCUT2D eigenvalue weighted by molar-refractivity contribution is 6.64. The molecule has 5 nitrogen and oxygen atoms in total. The van der Waals surface area contributed by atoms with Gasteiger partial charge in [-0.25, -0.2) is 0 Å². The topological polar surface area (TPSA) is 60.5 Å². The van der Waals surface area contributed by atoms with Gasteiger partial charge in [0.15, 0.2) is 0 Å². The molecule has 1 aromatic rings. The molecule has 18 heavy (non-hydrogen) atoms. The number of anilines is 1. The van der Waals surface area contributed by atoms with Crippen LogP contribution in [0.25, 0.3) is 0 Å². The van der Waals surface area contributed by atoms with E-state index < -0.39 is 18.3 Å². The van der Waals surface area contributed by atoms with Crippen molar-refractivity contribution in [2.45, 2.75) is 38.9 Å². The lowest BCUT2D eigenvalue weighted by Crippen LogP contribution is -2.41. The summed E-state index contributed by atoms with van der Waals surface area (Å²) in [6, 6.07) is 1.72. The highest BCUT2D eigenvalue weighted by Crippen LogP contribution is 2.36. The zero-order valence-corrected chi connectivity index (χ0v) is 11.1. The average molecular weight is 248 g/mol. The van der Waals surface area contributed by atoms with Crippen molar-refractivity contribution in [1.82, 2.24) is 4.98 Å². The van der Waals surface area contributed by atoms with Crippen LogP contribution in [0.15, 0.2) is 18.5 Å². The number of nitrogens with one attached hydrogen (secondary N) is 1. The van der Waals surface area contributed by atoms with Gasteiger partial charge in [0.25, 0.3) is 0 Å². The van der Waals surface area contributed by atoms with Crippen LogP contribution in [0.1, 0.15) is 27.7 Å². The van der Waals surface area contributed by atoms with Gasteiger partial charge in [-0.15, -0.1) is 0 Å². The molecule has 0 unspecified atom stereocenters. The van der Waals surface area contributed by atoms with Crippen LogP contribution in [-0.4, -0.2) is 29.7 Å². The number of carbonyl (C=O) groups is 1. The molecule has 1 fully saturated rings. The summed E-state index contributed by atoms with van der Waals surface area (Å²) in [5, 5.41) is 2.63. The van der Waals surface area contributed by atoms with E-state index in [0.29, 0.717) is 12.1 Å². The van der Waals surface area contributed by atoms with E-state index in [1.54, 1.807) is 18.5 Å². The smallest absolute Gasteiger partial charge is 0.399 e. The molecule has 1 saturated heterocycles. The highest BCUT2D eigenvalue weighted by Gasteiger charge is 2.52. The Morgan fingerprint density at radius 3 is 2.44 bits per heavy atom. The van der Waals surface area contributed by atoms with Gasteiger partial charge in [0.05, 0.1) is 11.2 Å². The first-order chi connectivity index (χ1) is 8.37. The van der Waals surface area contributed by atoms with Crippen LogP contribution in [0.4, 0.5) is 5.69 Å². The molecule has 1 aromatic heterocycles. The molecule has 0 radical (unpaired) electrons. The number of rotatable bonds is 3. The lowest BCUT2D eigenvalue weighted by atomic mass is 9.79. The van der Waals surface area contributed by atoms with Gasteiger partial charge < -0.3 is 14.6 Å². The van der Waals surface area contributed by atoms with Crippen LogP contribution >= 0.6 is 0 Å². The summed E-state index contributed by atoms with van der Waals surface area (Å²) in [7, 11) is -0.522. The van der Waals surface area contributed by atoms with E-state index in [4.69, 9.17) is 9.31 Å². The van der Waals surface area contributed by atoms with Crippen LogP contribution in [0.2, 0.25) is 0 Å². The van der Waals surface area contributed by atoms with Crippen molar-refractivity contribution in [3.8, 4) is 0 Å². The van der Waals surface area contributed by atoms with Gasteiger partial charge in [0, 0.05) is 23.5 Å². The molecule has 1 aliphatic rings. The maximum atomic E-state index is 10.6. The third-order valence-corrected chi connectivity index (χ3v) is 3.57. The average Bonchev–Trinajstić information content (AvgIpc) is 2.49. The zero-order chi connectivity index (χ0) is 13.4. The summed E-state index contributed by atoms with van der Waals surface area (Å²) >= 11 is 0. The molecule has 2 rings (SSSR count). The van der Waals surface area contributed by atoms with E-state index >= 15 is 0 Å². The van der Waals surface area contributed by atoms with Crippen LogP contribution in [0, 0.1) is 0 Å². The fraction of sp³-hybridized carbons (Fsp3) is 0.500. The van der Waals surface area contributed by atoms with Gasteiger partial charge in [-0.2, -0.15) is 0 Å². The Bertz CT molecular complexity index is 446. The van der Waals surface area contributed by atoms with Gasteiger partial charge in [0.2, 0.25) is 6.41 Å². The van der Waals surface area contributed by atoms with Gasteiger partial charge in [-0.05, 0) is 33.8 Å². The molecule has 96 valence electrons. The predicted octanol–water partition coefficient (Wildman–Crippen LogP) is 0.949. The summed E-state index contributed by atoms with van der Waals surface area (Å²) < 4.78 is 11.8. The van der Waals surface area contributed by atoms with Crippen molar-refractivity contribution in [3.63, 3.8) is 0 Å². The summed E-state index contributed by atoms with van der Waals surface area (Å²) in [5.41, 5.74) is 0.555. The molecule has 0 saturated carbocycles. The summed E-state index contributed by atoms with van der Waals surface area (Å²) in [6.45, 7) is 7.93. The maximum absolute atomic E-state index is 10.6. The second-order valence-corrected chi connectivity index (χ2v) is 5.31. The van der Waals surface area contributed by atoms with Gasteiger partial charge in [-0.3, -0.25) is 9.78 Å². The Balaban J connectivity index is 2.32. The fourth-order valence-electron chi connectivity index (χ4n) is 1.76. The number of nitrogens with zero attached hydrogens (tertiary/aromatic N) is 1. The molecule has 1 N–H and O–H groups in total. The molecular formula is C12H17BN2O3. The predicted molar refractivity (Wildman–Crippen MR) is 69.6 cm³/mol. The molecule has 0 spiro atoms. The Morgan fingerprint density at radius 2 is 1.89 bits per heavy atom. The normalized spacial score (nSPS) is 20.8. The van der Waals surface area contributed by atoms with E-state index in [1.807, 2.05) is 27.7 Å². The Kier molecular flexibility index (Phi) is 3.17. The second kappa shape index (κ2) is 4.37. The number of pyridine rings is 1. The van der Waals surface area contributed by atoms with E-state index in [9.17, 15) is 4.79 Å². The van der Waals surface area contributed by atoms with Gasteiger partial charge in [-0.1, -0.05) is 0 Å². The number of aromatic nitrogens is 1. The van der Waals surface area contributed by atoms with Crippen LogP contribution < -0.4 is 10.8 Å². The van der Waals surface area contributed by atoms with Crippen LogP contribution in [0.5, 0.6) is 0 Å². The van der Waals surface area contributed by atoms with Crippen molar-refractivity contribution in [2.24, 2.45) is 0 Å². The number of hydrogen-bond donors (Lipinski definition) is 1. The Hall–Kier alpha value is -1.40. The standard InChI is InChI=1S/C12H17BN2O3/c1-11(2)12(3,4)18-13(17-11)9-7-14-6-5-10(9)15-8-16/h5-8H,1-4H3,(H,14,15,16). The summed E-state index contributed by atoms with van der Waals surface area (Å²) in [5.74, 6) is 0. The second-order valence-electron chi connectivity index (χ2n) is 5.31. The van der Waals surface area contributed by atoms with Crippen molar-refractivity contribution in [1.29, 1.82) is 0 Å². The van der Waals surface area contributed by atoms with Crippen molar-refractivity contribution in [2.75, 3.05) is 5.32 Å². The fourth-order valence-corrected chi connectivity index (χ4v) is 1.76. The first-order valence-corrected chi connectivity index (χ1v) is 5.87. The van der Waals surface area contributed by atoms with Crippen molar-refractivity contribution in [3.05, 3.63) is 18.5 Å². The lowest BCUT2D eigenvalue weighted by molar-refractivity contribution is -0.105. The number of amides is 1. The monoisotopic (exact) mass is 248 g/mol. The molecule has 0 aromatic carbocycles. The van der Waals surface area contributed by atoms with Gasteiger partial charge in [0.1, 0.15) is 0 Å². The largest absolute Gasteiger partial charge is 0.498 e. The highest BCUT2D eigenvalue weighted by atomic mass is 16.7. The third kappa shape index (κ3) is 2.13. The van der Waals surface area contributed by atoms with Gasteiger partial charge >= 0.3 is 7.12 Å². The zero-order valence-electron chi connectivity index (χ0n) is 11.1. The summed E-state index contributed by atoms with van der Waals surface area (Å²) in [6.07, 6.45) is 3.89. The molecule has 0 bridgehead atoms. The molecular weight excluding hydrogens is 231 g/mol. The van der Waals surface area contributed by atoms with Crippen molar-refractivity contribution >= 4 is 24.7 Å². The Morgan fingerprint density at radius 1 is 1.28 bits per heavy atom. The number of hydrogen-bond acceptors (Lipinski definition) is 4. The quantitative estimate of drug-likeness (QED) is 0.639. The first kappa shape index (κ1) is 13.0. The lowest BCUT2D eigenvalue weighted by Gasteiger charge is -2.32. The third-order valence-electron chi connectivity index (χ3n) is 3.57. The minimum absolute atomic E-state index is 0.411. The maximum Gasteiger partial charge on any atom is 0.498 e. The Labute approximate surface area is 107 Å². The van der Waals surface area contributed by atoms with Crippen molar-refractivity contribution < 1.29 is 14.1 Å². The summed E-state index contributed by atoms with van der Waals surface area (Å²) in [4.78, 5) is 14.6. The van der Waals surface area contributed by atoms with Crippen LogP contribution in [-0.2, 0) is 14.1 Å². The molecule has 0 aliphatic carbocycles. The minimum Gasteiger partial charge on any atom is -0.399 e. The molecule has 1 aliphatic heterocycles.